The van der Waals surface area contributed by atoms with Gasteiger partial charge in [0.05, 0.1) is 18.7 Å². The van der Waals surface area contributed by atoms with Crippen LogP contribution in [0.25, 0.3) is 0 Å². The van der Waals surface area contributed by atoms with Crippen LogP contribution in [0.3, 0.4) is 0 Å². The van der Waals surface area contributed by atoms with Gasteiger partial charge in [0.15, 0.2) is 5.15 Å². The summed E-state index contributed by atoms with van der Waals surface area (Å²) in [7, 11) is 0. The lowest BCUT2D eigenvalue weighted by Gasteiger charge is -2.54. The van der Waals surface area contributed by atoms with Gasteiger partial charge in [-0.1, -0.05) is 11.6 Å². The third-order valence-corrected chi connectivity index (χ3v) is 4.76. The molecule has 2 aliphatic heterocycles. The second kappa shape index (κ2) is 4.43. The predicted molar refractivity (Wildman–Crippen MR) is 69.3 cm³/mol. The fraction of sp³-hybridized carbons (Fsp3) is 0.545. The molecule has 19 heavy (non-hydrogen) atoms. The standard InChI is InChI=1S/C11H12ClN3O3S/c1-6-9(16)13-2-11(3-18-4-11)15(6)10(17)7-8(12)14-5-19-7/h5-6H,2-4H2,1H3,(H,13,16)/t6-/m0/s1. The quantitative estimate of drug-likeness (QED) is 0.821. The van der Waals surface area contributed by atoms with Crippen molar-refractivity contribution in [3.05, 3.63) is 15.5 Å². The molecule has 1 spiro atoms. The Bertz CT molecular complexity index is 543. The second-order valence-electron chi connectivity index (χ2n) is 4.76. The number of halogens is 1. The molecule has 102 valence electrons. The predicted octanol–water partition coefficient (Wildman–Crippen LogP) is 0.526. The van der Waals surface area contributed by atoms with E-state index in [1.165, 1.54) is 16.8 Å². The summed E-state index contributed by atoms with van der Waals surface area (Å²) < 4.78 is 5.24. The van der Waals surface area contributed by atoms with Crippen LogP contribution in [0.1, 0.15) is 16.6 Å². The summed E-state index contributed by atoms with van der Waals surface area (Å²) >= 11 is 7.10. The van der Waals surface area contributed by atoms with Crippen LogP contribution in [0, 0.1) is 0 Å². The maximum Gasteiger partial charge on any atom is 0.268 e. The van der Waals surface area contributed by atoms with E-state index in [1.807, 2.05) is 0 Å². The number of amides is 2. The Morgan fingerprint density at radius 2 is 2.42 bits per heavy atom. The van der Waals surface area contributed by atoms with Gasteiger partial charge in [-0.05, 0) is 6.92 Å². The monoisotopic (exact) mass is 301 g/mol. The number of rotatable bonds is 1. The summed E-state index contributed by atoms with van der Waals surface area (Å²) in [6, 6.07) is -0.539. The number of piperazine rings is 1. The fourth-order valence-electron chi connectivity index (χ4n) is 2.46. The minimum Gasteiger partial charge on any atom is -0.376 e. The Labute approximate surface area is 118 Å². The number of carbonyl (C=O) groups excluding carboxylic acids is 2. The highest BCUT2D eigenvalue weighted by atomic mass is 35.5. The summed E-state index contributed by atoms with van der Waals surface area (Å²) in [5, 5.41) is 3.00. The molecule has 0 bridgehead atoms. The third-order valence-electron chi connectivity index (χ3n) is 3.55. The molecule has 1 aromatic rings. The van der Waals surface area contributed by atoms with Crippen molar-refractivity contribution in [2.75, 3.05) is 19.8 Å². The first-order valence-electron chi connectivity index (χ1n) is 5.83. The van der Waals surface area contributed by atoms with Crippen molar-refractivity contribution in [1.29, 1.82) is 0 Å². The summed E-state index contributed by atoms with van der Waals surface area (Å²) in [5.41, 5.74) is 1.08. The minimum atomic E-state index is -0.539. The van der Waals surface area contributed by atoms with E-state index in [-0.39, 0.29) is 17.0 Å². The first kappa shape index (κ1) is 12.8. The molecular formula is C11H12ClN3O3S. The van der Waals surface area contributed by atoms with Gasteiger partial charge in [-0.15, -0.1) is 11.3 Å². The molecular weight excluding hydrogens is 290 g/mol. The summed E-state index contributed by atoms with van der Waals surface area (Å²) in [4.78, 5) is 30.3. The van der Waals surface area contributed by atoms with Crippen LogP contribution in [0.4, 0.5) is 0 Å². The molecule has 0 radical (unpaired) electrons. The largest absolute Gasteiger partial charge is 0.376 e. The highest BCUT2D eigenvalue weighted by Crippen LogP contribution is 2.33. The lowest BCUT2D eigenvalue weighted by atomic mass is 9.89. The van der Waals surface area contributed by atoms with Crippen LogP contribution >= 0.6 is 22.9 Å². The van der Waals surface area contributed by atoms with Gasteiger partial charge in [-0.3, -0.25) is 9.59 Å². The molecule has 1 aromatic heterocycles. The zero-order valence-corrected chi connectivity index (χ0v) is 11.8. The molecule has 3 heterocycles. The van der Waals surface area contributed by atoms with Crippen LogP contribution in [-0.4, -0.2) is 53.0 Å². The summed E-state index contributed by atoms with van der Waals surface area (Å²) in [6.45, 7) is 2.99. The zero-order valence-electron chi connectivity index (χ0n) is 10.2. The Kier molecular flexibility index (Phi) is 2.99. The number of ether oxygens (including phenoxy) is 1. The van der Waals surface area contributed by atoms with Crippen molar-refractivity contribution < 1.29 is 14.3 Å². The molecule has 0 unspecified atom stereocenters. The van der Waals surface area contributed by atoms with Gasteiger partial charge in [0.25, 0.3) is 5.91 Å². The van der Waals surface area contributed by atoms with Gasteiger partial charge < -0.3 is 15.0 Å². The van der Waals surface area contributed by atoms with Gasteiger partial charge in [-0.2, -0.15) is 0 Å². The highest BCUT2D eigenvalue weighted by Gasteiger charge is 2.53. The lowest BCUT2D eigenvalue weighted by Crippen LogP contribution is -2.76. The van der Waals surface area contributed by atoms with E-state index in [1.54, 1.807) is 11.8 Å². The Morgan fingerprint density at radius 1 is 1.68 bits per heavy atom. The van der Waals surface area contributed by atoms with Gasteiger partial charge in [0.2, 0.25) is 5.91 Å². The topological polar surface area (TPSA) is 71.5 Å². The second-order valence-corrected chi connectivity index (χ2v) is 5.97. The zero-order chi connectivity index (χ0) is 13.6. The van der Waals surface area contributed by atoms with E-state index >= 15 is 0 Å². The smallest absolute Gasteiger partial charge is 0.268 e. The summed E-state index contributed by atoms with van der Waals surface area (Å²) in [5.74, 6) is -0.412. The van der Waals surface area contributed by atoms with Gasteiger partial charge in [-0.25, -0.2) is 4.98 Å². The van der Waals surface area contributed by atoms with Crippen LogP contribution in [0.2, 0.25) is 5.15 Å². The average molecular weight is 302 g/mol. The number of hydrogen-bond acceptors (Lipinski definition) is 5. The maximum absolute atomic E-state index is 12.6. The lowest BCUT2D eigenvalue weighted by molar-refractivity contribution is -0.161. The number of aromatic nitrogens is 1. The molecule has 0 saturated carbocycles. The minimum absolute atomic E-state index is 0.161. The SMILES string of the molecule is C[C@H]1C(=O)NCC2(COC2)N1C(=O)c1scnc1Cl. The number of thiazole rings is 1. The van der Waals surface area contributed by atoms with Crippen LogP contribution in [-0.2, 0) is 9.53 Å². The average Bonchev–Trinajstić information content (AvgIpc) is 2.76. The molecule has 2 amide bonds. The van der Waals surface area contributed by atoms with E-state index in [9.17, 15) is 9.59 Å². The van der Waals surface area contributed by atoms with Crippen molar-refractivity contribution in [2.45, 2.75) is 18.5 Å². The first-order chi connectivity index (χ1) is 9.05. The molecule has 1 atom stereocenters. The number of carbonyl (C=O) groups is 2. The highest BCUT2D eigenvalue weighted by molar-refractivity contribution is 7.12. The van der Waals surface area contributed by atoms with Crippen molar-refractivity contribution in [3.63, 3.8) is 0 Å². The fourth-order valence-corrected chi connectivity index (χ4v) is 3.40. The van der Waals surface area contributed by atoms with Gasteiger partial charge >= 0.3 is 0 Å². The first-order valence-corrected chi connectivity index (χ1v) is 7.09. The van der Waals surface area contributed by atoms with Gasteiger partial charge in [0.1, 0.15) is 16.5 Å². The molecule has 3 rings (SSSR count). The van der Waals surface area contributed by atoms with Crippen LogP contribution < -0.4 is 5.32 Å². The molecule has 2 saturated heterocycles. The Hall–Kier alpha value is -1.18. The Morgan fingerprint density at radius 3 is 2.95 bits per heavy atom. The normalized spacial score (nSPS) is 25.1. The number of nitrogens with one attached hydrogen (secondary N) is 1. The van der Waals surface area contributed by atoms with E-state index in [0.717, 1.165) is 0 Å². The molecule has 8 heteroatoms. The molecule has 2 fully saturated rings. The number of nitrogens with zero attached hydrogens (tertiary/aromatic N) is 2. The molecule has 0 aliphatic carbocycles. The van der Waals surface area contributed by atoms with Crippen LogP contribution in [0.5, 0.6) is 0 Å². The molecule has 0 aromatic carbocycles. The number of hydrogen-bond donors (Lipinski definition) is 1. The van der Waals surface area contributed by atoms with Crippen LogP contribution in [0.15, 0.2) is 5.51 Å². The van der Waals surface area contributed by atoms with E-state index in [0.29, 0.717) is 24.6 Å². The third kappa shape index (κ3) is 1.84. The molecule has 2 aliphatic rings. The van der Waals surface area contributed by atoms with E-state index in [2.05, 4.69) is 10.3 Å². The summed E-state index contributed by atoms with van der Waals surface area (Å²) in [6.07, 6.45) is 0. The molecule has 1 N–H and O–H groups in total. The maximum atomic E-state index is 12.6. The van der Waals surface area contributed by atoms with Crippen molar-refractivity contribution in [1.82, 2.24) is 15.2 Å². The van der Waals surface area contributed by atoms with E-state index in [4.69, 9.17) is 16.3 Å². The van der Waals surface area contributed by atoms with Gasteiger partial charge in [0, 0.05) is 6.54 Å². The van der Waals surface area contributed by atoms with E-state index < -0.39 is 11.6 Å². The van der Waals surface area contributed by atoms with Crippen molar-refractivity contribution in [2.24, 2.45) is 0 Å². The Balaban J connectivity index is 1.97. The van der Waals surface area contributed by atoms with Crippen molar-refractivity contribution >= 4 is 34.8 Å². The van der Waals surface area contributed by atoms with Crippen molar-refractivity contribution in [3.8, 4) is 0 Å². The molecule has 6 nitrogen and oxygen atoms in total.